The second kappa shape index (κ2) is 8.29. The second-order valence-electron chi connectivity index (χ2n) is 9.26. The van der Waals surface area contributed by atoms with E-state index >= 15 is 0 Å². The van der Waals surface area contributed by atoms with Crippen LogP contribution in [0.15, 0.2) is 78.9 Å². The summed E-state index contributed by atoms with van der Waals surface area (Å²) in [5.41, 5.74) is 11.5. The Morgan fingerprint density at radius 3 is 2.64 bits per heavy atom. The fourth-order valence-corrected chi connectivity index (χ4v) is 5.77. The van der Waals surface area contributed by atoms with Gasteiger partial charge in [0.2, 0.25) is 0 Å². The zero-order chi connectivity index (χ0) is 22.4. The molecule has 2 N–H and O–H groups in total. The fraction of sp³-hybridized carbons (Fsp3) is 0.276. The number of para-hydroxylation sites is 1. The van der Waals surface area contributed by atoms with Gasteiger partial charge in [0, 0.05) is 43.2 Å². The predicted octanol–water partition coefficient (Wildman–Crippen LogP) is 5.46. The van der Waals surface area contributed by atoms with E-state index in [0.717, 1.165) is 41.7 Å². The minimum absolute atomic E-state index is 0.0881. The topological polar surface area (TPSA) is 51.4 Å². The van der Waals surface area contributed by atoms with Gasteiger partial charge in [0.1, 0.15) is 0 Å². The number of aromatic nitrogens is 1. The highest BCUT2D eigenvalue weighted by Crippen LogP contribution is 2.40. The van der Waals surface area contributed by atoms with Crippen molar-refractivity contribution in [3.8, 4) is 0 Å². The number of nitrogens with two attached hydrogens (primary N) is 1. The summed E-state index contributed by atoms with van der Waals surface area (Å²) < 4.78 is 6.11. The molecule has 3 aromatic carbocycles. The lowest BCUT2D eigenvalue weighted by atomic mass is 9.90. The van der Waals surface area contributed by atoms with Gasteiger partial charge in [0.05, 0.1) is 17.3 Å². The molecule has 3 heterocycles. The van der Waals surface area contributed by atoms with Gasteiger partial charge in [-0.3, -0.25) is 9.88 Å². The van der Waals surface area contributed by atoms with Gasteiger partial charge in [-0.2, -0.15) is 0 Å². The third-order valence-corrected chi connectivity index (χ3v) is 7.41. The van der Waals surface area contributed by atoms with Crippen molar-refractivity contribution in [1.29, 1.82) is 0 Å². The molecule has 1 aromatic heterocycles. The third-order valence-electron chi connectivity index (χ3n) is 7.41. The van der Waals surface area contributed by atoms with Crippen LogP contribution in [0.25, 0.3) is 27.2 Å². The molecule has 3 atom stereocenters. The molecule has 4 nitrogen and oxygen atoms in total. The summed E-state index contributed by atoms with van der Waals surface area (Å²) in [6, 6.07) is 26.4. The first-order valence-corrected chi connectivity index (χ1v) is 11.8. The van der Waals surface area contributed by atoms with E-state index in [0.29, 0.717) is 12.1 Å². The van der Waals surface area contributed by atoms with Crippen LogP contribution in [0.2, 0.25) is 0 Å². The first-order chi connectivity index (χ1) is 16.2. The van der Waals surface area contributed by atoms with E-state index in [2.05, 4.69) is 71.6 Å². The van der Waals surface area contributed by atoms with Crippen molar-refractivity contribution in [2.75, 3.05) is 19.4 Å². The summed E-state index contributed by atoms with van der Waals surface area (Å²) in [4.78, 5) is 7.49. The van der Waals surface area contributed by atoms with Crippen molar-refractivity contribution < 1.29 is 4.74 Å². The number of benzene rings is 3. The maximum absolute atomic E-state index is 6.16. The molecule has 4 heteroatoms. The van der Waals surface area contributed by atoms with Crippen molar-refractivity contribution >= 4 is 32.9 Å². The zero-order valence-corrected chi connectivity index (χ0v) is 18.9. The Morgan fingerprint density at radius 2 is 1.76 bits per heavy atom. The lowest BCUT2D eigenvalue weighted by Crippen LogP contribution is -2.48. The molecule has 2 aliphatic heterocycles. The van der Waals surface area contributed by atoms with Gasteiger partial charge in [-0.05, 0) is 52.9 Å². The van der Waals surface area contributed by atoms with Crippen molar-refractivity contribution in [3.05, 3.63) is 90.1 Å². The minimum Gasteiger partial charge on any atom is -0.397 e. The molecular formula is C29H29N3O. The van der Waals surface area contributed by atoms with Crippen LogP contribution in [-0.4, -0.2) is 41.7 Å². The number of hydrogen-bond acceptors (Lipinski definition) is 4. The standard InChI is InChI=1S/C29H29N3O/c1-33-29-25(22-10-9-19-5-2-3-6-21(19)17-22)18-24-13-14-27(29)32(24)16-15-23-12-11-20-7-4-8-26(30)28(20)31-23/h2-12,17-18,24,27,29H,13-16,30H2,1H3. The first kappa shape index (κ1) is 20.4. The molecule has 3 unspecified atom stereocenters. The van der Waals surface area contributed by atoms with E-state index < -0.39 is 0 Å². The zero-order valence-electron chi connectivity index (χ0n) is 18.9. The molecule has 1 fully saturated rings. The molecule has 0 amide bonds. The Balaban J connectivity index is 1.26. The summed E-state index contributed by atoms with van der Waals surface area (Å²) in [6.45, 7) is 0.974. The molecule has 166 valence electrons. The number of nitrogen functional groups attached to an aromatic ring is 1. The van der Waals surface area contributed by atoms with Crippen molar-refractivity contribution in [2.24, 2.45) is 0 Å². The largest absolute Gasteiger partial charge is 0.397 e. The number of ether oxygens (including phenoxy) is 1. The quantitative estimate of drug-likeness (QED) is 0.423. The van der Waals surface area contributed by atoms with Crippen LogP contribution in [-0.2, 0) is 11.2 Å². The number of fused-ring (bicyclic) bond motifs is 4. The summed E-state index contributed by atoms with van der Waals surface area (Å²) >= 11 is 0. The lowest BCUT2D eigenvalue weighted by Gasteiger charge is -2.39. The van der Waals surface area contributed by atoms with Crippen LogP contribution in [0, 0.1) is 0 Å². The summed E-state index contributed by atoms with van der Waals surface area (Å²) in [7, 11) is 1.85. The first-order valence-electron chi connectivity index (χ1n) is 11.8. The molecule has 4 aromatic rings. The van der Waals surface area contributed by atoms with E-state index in [9.17, 15) is 0 Å². The molecule has 6 rings (SSSR count). The maximum Gasteiger partial charge on any atom is 0.0979 e. The van der Waals surface area contributed by atoms with E-state index in [-0.39, 0.29) is 6.10 Å². The smallest absolute Gasteiger partial charge is 0.0979 e. The minimum atomic E-state index is 0.0881. The summed E-state index contributed by atoms with van der Waals surface area (Å²) in [6.07, 6.45) is 5.79. The van der Waals surface area contributed by atoms with E-state index in [1.165, 1.54) is 28.3 Å². The third kappa shape index (κ3) is 3.60. The van der Waals surface area contributed by atoms with Gasteiger partial charge in [0.25, 0.3) is 0 Å². The maximum atomic E-state index is 6.16. The Bertz CT molecular complexity index is 1360. The van der Waals surface area contributed by atoms with Crippen molar-refractivity contribution in [3.63, 3.8) is 0 Å². The van der Waals surface area contributed by atoms with Gasteiger partial charge in [-0.1, -0.05) is 60.7 Å². The molecule has 1 saturated heterocycles. The number of nitrogens with zero attached hydrogens (tertiary/aromatic N) is 2. The highest BCUT2D eigenvalue weighted by molar-refractivity contribution is 5.89. The van der Waals surface area contributed by atoms with Gasteiger partial charge >= 0.3 is 0 Å². The Morgan fingerprint density at radius 1 is 0.939 bits per heavy atom. The van der Waals surface area contributed by atoms with Gasteiger partial charge in [-0.15, -0.1) is 0 Å². The van der Waals surface area contributed by atoms with Gasteiger partial charge in [-0.25, -0.2) is 0 Å². The second-order valence-corrected chi connectivity index (χ2v) is 9.26. The van der Waals surface area contributed by atoms with Crippen LogP contribution in [0.4, 0.5) is 5.69 Å². The van der Waals surface area contributed by atoms with E-state index in [4.69, 9.17) is 15.5 Å². The van der Waals surface area contributed by atoms with Crippen LogP contribution < -0.4 is 5.73 Å². The SMILES string of the molecule is COC1C(c2ccc3ccccc3c2)=CC2CCC1N2CCc1ccc2cccc(N)c2n1. The molecule has 33 heavy (non-hydrogen) atoms. The highest BCUT2D eigenvalue weighted by atomic mass is 16.5. The monoisotopic (exact) mass is 435 g/mol. The molecule has 0 radical (unpaired) electrons. The molecule has 2 bridgehead atoms. The molecular weight excluding hydrogens is 406 g/mol. The molecule has 0 saturated carbocycles. The Labute approximate surface area is 194 Å². The number of hydrogen-bond donors (Lipinski definition) is 1. The van der Waals surface area contributed by atoms with Crippen LogP contribution in [0.3, 0.4) is 0 Å². The number of rotatable bonds is 5. The normalized spacial score (nSPS) is 22.7. The summed E-state index contributed by atoms with van der Waals surface area (Å²) in [5.74, 6) is 0. The number of anilines is 1. The molecule has 0 aliphatic carbocycles. The number of pyridine rings is 1. The number of methoxy groups -OCH3 is 1. The van der Waals surface area contributed by atoms with Crippen LogP contribution >= 0.6 is 0 Å². The predicted molar refractivity (Wildman–Crippen MR) is 136 cm³/mol. The van der Waals surface area contributed by atoms with Crippen molar-refractivity contribution in [1.82, 2.24) is 9.88 Å². The average molecular weight is 436 g/mol. The van der Waals surface area contributed by atoms with Gasteiger partial charge in [0.15, 0.2) is 0 Å². The molecule has 2 aliphatic rings. The Hall–Kier alpha value is -3.21. The molecule has 0 spiro atoms. The Kier molecular flexibility index (Phi) is 5.12. The summed E-state index contributed by atoms with van der Waals surface area (Å²) in [5, 5.41) is 3.65. The van der Waals surface area contributed by atoms with Crippen LogP contribution in [0.1, 0.15) is 24.1 Å². The average Bonchev–Trinajstić information content (AvgIpc) is 3.14. The van der Waals surface area contributed by atoms with E-state index in [1.54, 1.807) is 0 Å². The van der Waals surface area contributed by atoms with Gasteiger partial charge < -0.3 is 10.5 Å². The van der Waals surface area contributed by atoms with Crippen molar-refractivity contribution in [2.45, 2.75) is 37.5 Å². The highest BCUT2D eigenvalue weighted by Gasteiger charge is 2.43. The lowest BCUT2D eigenvalue weighted by molar-refractivity contribution is 0.0545. The van der Waals surface area contributed by atoms with E-state index in [1.807, 2.05) is 19.2 Å². The van der Waals surface area contributed by atoms with Crippen LogP contribution in [0.5, 0.6) is 0 Å². The fourth-order valence-electron chi connectivity index (χ4n) is 5.77.